The molecule has 0 aliphatic heterocycles. The standard InChI is InChI=1S/C23H19N3O10/c1-12-3-16(10-27)20(25(31)32)18(5-12)35-22(29)14-7-15(9-24-8-14)23(30)36-19-6-13(2)4-17(11-28)21(19)26(33)34/h3-9,27-28H,10-11H2,1-2H3. The number of hydrogen-bond acceptors (Lipinski definition) is 11. The molecule has 186 valence electrons. The Morgan fingerprint density at radius 3 is 1.50 bits per heavy atom. The minimum atomic E-state index is -1.08. The van der Waals surface area contributed by atoms with Crippen molar-refractivity contribution in [3.05, 3.63) is 96.3 Å². The molecule has 1 aromatic heterocycles. The maximum atomic E-state index is 12.7. The molecule has 3 aromatic rings. The van der Waals surface area contributed by atoms with Crippen LogP contribution in [0.3, 0.4) is 0 Å². The number of aromatic nitrogens is 1. The quantitative estimate of drug-likeness (QED) is 0.201. The zero-order valence-electron chi connectivity index (χ0n) is 19.0. The van der Waals surface area contributed by atoms with E-state index < -0.39 is 57.9 Å². The third-order valence-electron chi connectivity index (χ3n) is 4.92. The molecule has 0 radical (unpaired) electrons. The predicted molar refractivity (Wildman–Crippen MR) is 122 cm³/mol. The number of nitro benzene ring substituents is 2. The van der Waals surface area contributed by atoms with Gasteiger partial charge >= 0.3 is 23.3 Å². The highest BCUT2D eigenvalue weighted by molar-refractivity contribution is 5.96. The SMILES string of the molecule is Cc1cc(CO)c([N+](=O)[O-])c(OC(=O)c2cncc(C(=O)Oc3cc(C)cc(CO)c3[N+](=O)[O-])c2)c1. The first-order chi connectivity index (χ1) is 17.0. The first-order valence-corrected chi connectivity index (χ1v) is 10.2. The van der Waals surface area contributed by atoms with Crippen LogP contribution in [0.5, 0.6) is 11.5 Å². The van der Waals surface area contributed by atoms with E-state index in [1.165, 1.54) is 24.3 Å². The average Bonchev–Trinajstić information content (AvgIpc) is 2.82. The van der Waals surface area contributed by atoms with Crippen molar-refractivity contribution in [2.45, 2.75) is 27.1 Å². The first-order valence-electron chi connectivity index (χ1n) is 10.2. The second-order valence-corrected chi connectivity index (χ2v) is 7.61. The fraction of sp³-hybridized carbons (Fsp3) is 0.174. The molecule has 2 aromatic carbocycles. The molecule has 1 heterocycles. The van der Waals surface area contributed by atoms with Gasteiger partial charge in [0.15, 0.2) is 0 Å². The zero-order valence-corrected chi connectivity index (χ0v) is 19.0. The van der Waals surface area contributed by atoms with Gasteiger partial charge in [0.25, 0.3) is 0 Å². The van der Waals surface area contributed by atoms with E-state index in [2.05, 4.69) is 4.98 Å². The van der Waals surface area contributed by atoms with Crippen LogP contribution in [0.4, 0.5) is 11.4 Å². The molecular weight excluding hydrogens is 478 g/mol. The fourth-order valence-corrected chi connectivity index (χ4v) is 3.43. The molecule has 13 heteroatoms. The van der Waals surface area contributed by atoms with Crippen LogP contribution in [0.25, 0.3) is 0 Å². The van der Waals surface area contributed by atoms with Gasteiger partial charge in [0, 0.05) is 12.4 Å². The fourth-order valence-electron chi connectivity index (χ4n) is 3.43. The number of aliphatic hydroxyl groups is 2. The smallest absolute Gasteiger partial charge is 0.345 e. The molecule has 0 unspecified atom stereocenters. The van der Waals surface area contributed by atoms with E-state index >= 15 is 0 Å². The topological polar surface area (TPSA) is 192 Å². The summed E-state index contributed by atoms with van der Waals surface area (Å²) >= 11 is 0. The van der Waals surface area contributed by atoms with Gasteiger partial charge in [-0.1, -0.05) is 0 Å². The van der Waals surface area contributed by atoms with Crippen molar-refractivity contribution in [2.75, 3.05) is 0 Å². The van der Waals surface area contributed by atoms with Gasteiger partial charge in [0.05, 0.1) is 45.3 Å². The van der Waals surface area contributed by atoms with Gasteiger partial charge in [0.1, 0.15) is 0 Å². The van der Waals surface area contributed by atoms with E-state index in [0.29, 0.717) is 11.1 Å². The normalized spacial score (nSPS) is 10.6. The molecular formula is C23H19N3O10. The van der Waals surface area contributed by atoms with Crippen molar-refractivity contribution in [1.82, 2.24) is 4.98 Å². The van der Waals surface area contributed by atoms with Crippen molar-refractivity contribution in [1.29, 1.82) is 0 Å². The molecule has 0 bridgehead atoms. The lowest BCUT2D eigenvalue weighted by molar-refractivity contribution is -0.386. The third kappa shape index (κ3) is 5.48. The zero-order chi connectivity index (χ0) is 26.6. The van der Waals surface area contributed by atoms with Crippen molar-refractivity contribution >= 4 is 23.3 Å². The van der Waals surface area contributed by atoms with Gasteiger partial charge in [-0.25, -0.2) is 9.59 Å². The number of carbonyl (C=O) groups excluding carboxylic acids is 2. The lowest BCUT2D eigenvalue weighted by Crippen LogP contribution is -2.15. The Morgan fingerprint density at radius 1 is 0.778 bits per heavy atom. The van der Waals surface area contributed by atoms with E-state index in [9.17, 15) is 40.0 Å². The van der Waals surface area contributed by atoms with Crippen LogP contribution in [0.1, 0.15) is 43.0 Å². The van der Waals surface area contributed by atoms with Crippen molar-refractivity contribution in [3.63, 3.8) is 0 Å². The summed E-state index contributed by atoms with van der Waals surface area (Å²) in [5.74, 6) is -2.99. The summed E-state index contributed by atoms with van der Waals surface area (Å²) in [6, 6.07) is 6.29. The summed E-state index contributed by atoms with van der Waals surface area (Å²) in [5, 5.41) is 41.8. The molecule has 0 saturated heterocycles. The van der Waals surface area contributed by atoms with E-state index in [1.807, 2.05) is 0 Å². The summed E-state index contributed by atoms with van der Waals surface area (Å²) in [5.41, 5.74) is -0.839. The number of aryl methyl sites for hydroxylation is 2. The number of esters is 2. The Balaban J connectivity index is 1.91. The summed E-state index contributed by atoms with van der Waals surface area (Å²) in [6.45, 7) is 1.86. The second kappa shape index (κ2) is 10.7. The Hall–Kier alpha value is -4.75. The van der Waals surface area contributed by atoms with Gasteiger partial charge in [-0.2, -0.15) is 0 Å². The molecule has 0 amide bonds. The Kier molecular flexibility index (Phi) is 7.67. The van der Waals surface area contributed by atoms with E-state index in [0.717, 1.165) is 18.5 Å². The molecule has 0 spiro atoms. The molecule has 3 rings (SSSR count). The summed E-state index contributed by atoms with van der Waals surface area (Å²) in [4.78, 5) is 50.5. The van der Waals surface area contributed by atoms with Crippen LogP contribution in [0.15, 0.2) is 42.7 Å². The maximum Gasteiger partial charge on any atom is 0.345 e. The number of aliphatic hydroxyl groups excluding tert-OH is 2. The summed E-state index contributed by atoms with van der Waals surface area (Å²) in [6.07, 6.45) is 2.10. The molecule has 0 atom stereocenters. The minimum absolute atomic E-state index is 0.0553. The maximum absolute atomic E-state index is 12.7. The molecule has 0 aliphatic carbocycles. The van der Waals surface area contributed by atoms with Gasteiger partial charge in [0.2, 0.25) is 11.5 Å². The Bertz CT molecular complexity index is 1290. The average molecular weight is 497 g/mol. The van der Waals surface area contributed by atoms with Crippen LogP contribution < -0.4 is 9.47 Å². The number of nitrogens with zero attached hydrogens (tertiary/aromatic N) is 3. The lowest BCUT2D eigenvalue weighted by Gasteiger charge is -2.10. The van der Waals surface area contributed by atoms with Gasteiger partial charge in [-0.05, 0) is 55.3 Å². The summed E-state index contributed by atoms with van der Waals surface area (Å²) in [7, 11) is 0. The van der Waals surface area contributed by atoms with Crippen molar-refractivity contribution < 1.29 is 39.1 Å². The highest BCUT2D eigenvalue weighted by Crippen LogP contribution is 2.34. The molecule has 2 N–H and O–H groups in total. The van der Waals surface area contributed by atoms with E-state index in [1.54, 1.807) is 13.8 Å². The number of nitro groups is 2. The Labute approximate surface area is 202 Å². The number of rotatable bonds is 8. The second-order valence-electron chi connectivity index (χ2n) is 7.61. The van der Waals surface area contributed by atoms with Crippen molar-refractivity contribution in [2.24, 2.45) is 0 Å². The van der Waals surface area contributed by atoms with Crippen molar-refractivity contribution in [3.8, 4) is 11.5 Å². The monoisotopic (exact) mass is 497 g/mol. The third-order valence-corrected chi connectivity index (χ3v) is 4.92. The Morgan fingerprint density at radius 2 is 1.17 bits per heavy atom. The first kappa shape index (κ1) is 25.9. The number of carbonyl (C=O) groups is 2. The van der Waals surface area contributed by atoms with Crippen LogP contribution >= 0.6 is 0 Å². The lowest BCUT2D eigenvalue weighted by atomic mass is 10.1. The number of ether oxygens (including phenoxy) is 2. The van der Waals surface area contributed by atoms with Crippen LogP contribution in [0.2, 0.25) is 0 Å². The molecule has 0 saturated carbocycles. The number of hydrogen-bond donors (Lipinski definition) is 2. The van der Waals surface area contributed by atoms with Crippen LogP contribution in [-0.4, -0.2) is 37.0 Å². The molecule has 0 aliphatic rings. The molecule has 36 heavy (non-hydrogen) atoms. The highest BCUT2D eigenvalue weighted by atomic mass is 16.6. The molecule has 0 fully saturated rings. The van der Waals surface area contributed by atoms with E-state index in [4.69, 9.17) is 9.47 Å². The summed E-state index contributed by atoms with van der Waals surface area (Å²) < 4.78 is 10.3. The largest absolute Gasteiger partial charge is 0.415 e. The van der Waals surface area contributed by atoms with E-state index in [-0.39, 0.29) is 22.3 Å². The number of pyridine rings is 1. The van der Waals surface area contributed by atoms with Crippen LogP contribution in [0, 0.1) is 34.1 Å². The van der Waals surface area contributed by atoms with Gasteiger partial charge in [-0.15, -0.1) is 0 Å². The van der Waals surface area contributed by atoms with Gasteiger partial charge < -0.3 is 19.7 Å². The molecule has 13 nitrogen and oxygen atoms in total. The predicted octanol–water partition coefficient (Wildman–Crippen LogP) is 2.94. The minimum Gasteiger partial charge on any atom is -0.415 e. The highest BCUT2D eigenvalue weighted by Gasteiger charge is 2.26. The van der Waals surface area contributed by atoms with Gasteiger partial charge in [-0.3, -0.25) is 25.2 Å². The number of benzene rings is 2. The van der Waals surface area contributed by atoms with Crippen LogP contribution in [-0.2, 0) is 13.2 Å².